The van der Waals surface area contributed by atoms with Gasteiger partial charge in [-0.1, -0.05) is 241 Å². The zero-order valence-corrected chi connectivity index (χ0v) is 52.8. The fourth-order valence-electron chi connectivity index (χ4n) is 13.6. The van der Waals surface area contributed by atoms with Crippen LogP contribution in [-0.2, 0) is 33.3 Å². The van der Waals surface area contributed by atoms with E-state index in [0.717, 1.165) is 81.3 Å². The van der Waals surface area contributed by atoms with Gasteiger partial charge in [0.1, 0.15) is 23.0 Å². The van der Waals surface area contributed by atoms with Gasteiger partial charge in [0, 0.05) is 58.3 Å². The molecule has 11 rings (SSSR count). The van der Waals surface area contributed by atoms with Crippen molar-refractivity contribution < 1.29 is 38.9 Å². The number of aryl methyl sites for hydroxylation is 2. The van der Waals surface area contributed by atoms with Gasteiger partial charge in [-0.05, 0) is 119 Å². The first-order chi connectivity index (χ1) is 42.4. The standard InChI is InChI=1S/2C35H43NO2.C8H6O4/c2*1-35(2,3)30-22-21-26(16-8-7-15-25-13-5-4-6-14-25)23-31(30)36-34(37)24-29-27-17-9-11-19-32(27)38-33-20-12-10-18-28(29)33;9-7(10)5-3-1-2-4-6(5)8(11)12/h2*9-12,17-23,25,29H,4-8,13-16,24H2,1-3H3,(H,36,37);1-4H,(H,9,10)(H,11,12). The van der Waals surface area contributed by atoms with Crippen LogP contribution in [0.15, 0.2) is 158 Å². The maximum Gasteiger partial charge on any atom is 0.336 e. The fraction of sp³-hybridized carbons (Fsp3) is 0.410. The van der Waals surface area contributed by atoms with E-state index in [-0.39, 0.29) is 45.6 Å². The quantitative estimate of drug-likeness (QED) is 0.0620. The molecule has 7 aromatic rings. The van der Waals surface area contributed by atoms with Gasteiger partial charge in [0.2, 0.25) is 11.8 Å². The van der Waals surface area contributed by atoms with Crippen molar-refractivity contribution in [3.8, 4) is 23.0 Å². The average Bonchev–Trinajstić information content (AvgIpc) is 1.14. The summed E-state index contributed by atoms with van der Waals surface area (Å²) >= 11 is 0. The van der Waals surface area contributed by atoms with E-state index in [1.54, 1.807) is 0 Å². The minimum atomic E-state index is -1.23. The third-order valence-electron chi connectivity index (χ3n) is 18.2. The first-order valence-electron chi connectivity index (χ1n) is 32.5. The molecule has 10 heteroatoms. The van der Waals surface area contributed by atoms with E-state index < -0.39 is 11.9 Å². The monoisotopic (exact) mass is 1180 g/mol. The lowest BCUT2D eigenvalue weighted by molar-refractivity contribution is -0.117. The Morgan fingerprint density at radius 1 is 0.420 bits per heavy atom. The lowest BCUT2D eigenvalue weighted by atomic mass is 9.83. The number of para-hydroxylation sites is 4. The highest BCUT2D eigenvalue weighted by molar-refractivity contribution is 6.01. The molecular formula is C78H92N2O8. The molecule has 462 valence electrons. The number of aromatic carboxylic acids is 2. The minimum Gasteiger partial charge on any atom is -0.478 e. The molecule has 0 unspecified atom stereocenters. The van der Waals surface area contributed by atoms with E-state index in [9.17, 15) is 19.2 Å². The molecule has 2 aliphatic carbocycles. The molecule has 0 radical (unpaired) electrons. The maximum absolute atomic E-state index is 13.6. The molecule has 4 N–H and O–H groups in total. The van der Waals surface area contributed by atoms with Crippen LogP contribution in [0, 0.1) is 11.8 Å². The van der Waals surface area contributed by atoms with Crippen LogP contribution in [0.2, 0.25) is 0 Å². The highest BCUT2D eigenvalue weighted by Gasteiger charge is 2.32. The van der Waals surface area contributed by atoms with E-state index in [1.807, 2.05) is 72.8 Å². The fourth-order valence-corrected chi connectivity index (χ4v) is 13.6. The van der Waals surface area contributed by atoms with Crippen LogP contribution in [0.25, 0.3) is 0 Å². The molecule has 10 nitrogen and oxygen atoms in total. The Labute approximate surface area is 522 Å². The summed E-state index contributed by atoms with van der Waals surface area (Å²) in [4.78, 5) is 48.1. The number of hydrogen-bond donors (Lipinski definition) is 4. The number of carboxylic acids is 2. The van der Waals surface area contributed by atoms with Crippen molar-refractivity contribution in [3.63, 3.8) is 0 Å². The molecule has 2 amide bonds. The molecular weight excluding hydrogens is 1090 g/mol. The molecule has 0 atom stereocenters. The summed E-state index contributed by atoms with van der Waals surface area (Å²) in [5.41, 5.74) is 10.7. The van der Waals surface area contributed by atoms with Crippen molar-refractivity contribution in [2.75, 3.05) is 10.6 Å². The van der Waals surface area contributed by atoms with Crippen molar-refractivity contribution >= 4 is 35.1 Å². The van der Waals surface area contributed by atoms with E-state index in [1.165, 1.54) is 149 Å². The van der Waals surface area contributed by atoms with Crippen LogP contribution in [0.5, 0.6) is 23.0 Å². The smallest absolute Gasteiger partial charge is 0.336 e. The van der Waals surface area contributed by atoms with Gasteiger partial charge >= 0.3 is 11.9 Å². The number of carbonyl (C=O) groups excluding carboxylic acids is 2. The Balaban J connectivity index is 0.000000176. The van der Waals surface area contributed by atoms with Crippen LogP contribution in [-0.4, -0.2) is 34.0 Å². The normalized spacial score (nSPS) is 15.0. The summed E-state index contributed by atoms with van der Waals surface area (Å²) in [6.45, 7) is 13.3. The van der Waals surface area contributed by atoms with E-state index in [0.29, 0.717) is 12.8 Å². The minimum absolute atomic E-state index is 0.0304. The molecule has 4 aliphatic rings. The summed E-state index contributed by atoms with van der Waals surface area (Å²) in [7, 11) is 0. The third-order valence-corrected chi connectivity index (χ3v) is 18.2. The SMILES string of the molecule is CC(C)(C)c1ccc(CCCCC2CCCCC2)cc1NC(=O)CC1c2ccccc2Oc2ccccc21.CC(C)(C)c1ccc(CCCCC2CCCCC2)cc1NC(=O)CC1c2ccccc2Oc2ccccc21.O=C(O)c1ccccc1C(=O)O. The van der Waals surface area contributed by atoms with Gasteiger partial charge in [0.25, 0.3) is 0 Å². The van der Waals surface area contributed by atoms with Gasteiger partial charge in [0.05, 0.1) is 11.1 Å². The molecule has 0 aromatic heterocycles. The predicted molar refractivity (Wildman–Crippen MR) is 355 cm³/mol. The molecule has 0 bridgehead atoms. The van der Waals surface area contributed by atoms with Crippen molar-refractivity contribution in [3.05, 3.63) is 213 Å². The second kappa shape index (κ2) is 30.3. The predicted octanol–water partition coefficient (Wildman–Crippen LogP) is 20.2. The van der Waals surface area contributed by atoms with Gasteiger partial charge in [-0.15, -0.1) is 0 Å². The number of fused-ring (bicyclic) bond motifs is 4. The summed E-state index contributed by atoms with van der Waals surface area (Å²) in [5, 5.41) is 23.8. The number of benzene rings is 7. The molecule has 2 aliphatic heterocycles. The Morgan fingerprint density at radius 3 is 1.06 bits per heavy atom. The van der Waals surface area contributed by atoms with Crippen molar-refractivity contribution in [2.24, 2.45) is 11.8 Å². The highest BCUT2D eigenvalue weighted by atomic mass is 16.5. The Morgan fingerprint density at radius 2 is 0.739 bits per heavy atom. The van der Waals surface area contributed by atoms with Crippen molar-refractivity contribution in [1.29, 1.82) is 0 Å². The largest absolute Gasteiger partial charge is 0.478 e. The highest BCUT2D eigenvalue weighted by Crippen LogP contribution is 2.47. The summed E-state index contributed by atoms with van der Waals surface area (Å²) in [6.07, 6.45) is 25.0. The summed E-state index contributed by atoms with van der Waals surface area (Å²) in [5.74, 6) is 2.83. The molecule has 88 heavy (non-hydrogen) atoms. The Hall–Kier alpha value is -7.98. The van der Waals surface area contributed by atoms with Crippen LogP contribution < -0.4 is 20.1 Å². The van der Waals surface area contributed by atoms with Crippen LogP contribution in [0.3, 0.4) is 0 Å². The lowest BCUT2D eigenvalue weighted by Gasteiger charge is -2.28. The number of amides is 2. The molecule has 0 saturated heterocycles. The number of anilines is 2. The summed E-state index contributed by atoms with van der Waals surface area (Å²) < 4.78 is 12.3. The van der Waals surface area contributed by atoms with Crippen LogP contribution in [0.1, 0.15) is 234 Å². The topological polar surface area (TPSA) is 151 Å². The van der Waals surface area contributed by atoms with E-state index in [2.05, 4.69) is 113 Å². The number of ether oxygens (including phenoxy) is 2. The summed E-state index contributed by atoms with van der Waals surface area (Å²) in [6, 6.07) is 51.2. The number of nitrogens with one attached hydrogen (secondary N) is 2. The van der Waals surface area contributed by atoms with Gasteiger partial charge < -0.3 is 30.3 Å². The third kappa shape index (κ3) is 17.4. The first-order valence-corrected chi connectivity index (χ1v) is 32.5. The number of rotatable bonds is 18. The van der Waals surface area contributed by atoms with Crippen LogP contribution in [0.4, 0.5) is 11.4 Å². The zero-order chi connectivity index (χ0) is 62.2. The maximum atomic E-state index is 13.6. The number of carbonyl (C=O) groups is 4. The molecule has 7 aromatic carbocycles. The zero-order valence-electron chi connectivity index (χ0n) is 52.8. The number of carboxylic acid groups (broad SMARTS) is 2. The van der Waals surface area contributed by atoms with Crippen molar-refractivity contribution in [1.82, 2.24) is 0 Å². The number of unbranched alkanes of at least 4 members (excludes halogenated alkanes) is 2. The van der Waals surface area contributed by atoms with Crippen molar-refractivity contribution in [2.45, 2.75) is 193 Å². The second-order valence-corrected chi connectivity index (χ2v) is 26.9. The Bertz CT molecular complexity index is 3180. The average molecular weight is 1190 g/mol. The molecule has 2 saturated carbocycles. The van der Waals surface area contributed by atoms with Gasteiger partial charge in [-0.3, -0.25) is 9.59 Å². The van der Waals surface area contributed by atoms with Crippen LogP contribution >= 0.6 is 0 Å². The number of hydrogen-bond acceptors (Lipinski definition) is 6. The van der Waals surface area contributed by atoms with Gasteiger partial charge in [0.15, 0.2) is 0 Å². The second-order valence-electron chi connectivity index (χ2n) is 26.9. The lowest BCUT2D eigenvalue weighted by Crippen LogP contribution is -2.22. The van der Waals surface area contributed by atoms with Gasteiger partial charge in [-0.2, -0.15) is 0 Å². The Kier molecular flexibility index (Phi) is 22.2. The first kappa shape index (κ1) is 64.5. The molecule has 2 heterocycles. The molecule has 0 spiro atoms. The van der Waals surface area contributed by atoms with E-state index >= 15 is 0 Å². The molecule has 2 fully saturated rings. The van der Waals surface area contributed by atoms with E-state index in [4.69, 9.17) is 19.7 Å². The van der Waals surface area contributed by atoms with Gasteiger partial charge in [-0.25, -0.2) is 9.59 Å².